The third kappa shape index (κ3) is 2.94. The minimum atomic E-state index is 0.570. The highest BCUT2D eigenvalue weighted by Gasteiger charge is 2.04. The molecular formula is C20H15NO2. The number of nitrogens with zero attached hydrogens (tertiary/aromatic N) is 1. The van der Waals surface area contributed by atoms with Gasteiger partial charge in [-0.3, -0.25) is 0 Å². The molecule has 0 aliphatic rings. The lowest BCUT2D eigenvalue weighted by molar-refractivity contribution is 0.306. The van der Waals surface area contributed by atoms with E-state index in [1.165, 1.54) is 0 Å². The third-order valence-electron chi connectivity index (χ3n) is 3.74. The Hall–Kier alpha value is -3.07. The summed E-state index contributed by atoms with van der Waals surface area (Å²) in [6, 6.07) is 22.4. The molecule has 112 valence electrons. The van der Waals surface area contributed by atoms with Crippen molar-refractivity contribution in [3.8, 4) is 17.2 Å². The fourth-order valence-electron chi connectivity index (χ4n) is 2.55. The summed E-state index contributed by atoms with van der Waals surface area (Å²) >= 11 is 0. The Balaban J connectivity index is 1.57. The van der Waals surface area contributed by atoms with Gasteiger partial charge >= 0.3 is 0 Å². The van der Waals surface area contributed by atoms with Crippen molar-refractivity contribution in [2.75, 3.05) is 0 Å². The zero-order valence-electron chi connectivity index (χ0n) is 12.5. The molecule has 0 spiro atoms. The molecule has 0 unspecified atom stereocenters. The maximum Gasteiger partial charge on any atom is 0.225 e. The number of aromatic nitrogens is 1. The van der Waals surface area contributed by atoms with E-state index >= 15 is 0 Å². The second-order valence-corrected chi connectivity index (χ2v) is 5.34. The molecule has 0 saturated carbocycles. The summed E-state index contributed by atoms with van der Waals surface area (Å²) in [5, 5.41) is 2.26. The van der Waals surface area contributed by atoms with Crippen LogP contribution < -0.4 is 4.74 Å². The van der Waals surface area contributed by atoms with Crippen LogP contribution in [-0.4, -0.2) is 4.98 Å². The monoisotopic (exact) mass is 301 g/mol. The van der Waals surface area contributed by atoms with Crippen molar-refractivity contribution in [3.05, 3.63) is 84.8 Å². The Morgan fingerprint density at radius 1 is 0.870 bits per heavy atom. The largest absolute Gasteiger partial charge is 0.489 e. The molecule has 4 rings (SSSR count). The van der Waals surface area contributed by atoms with E-state index in [-0.39, 0.29) is 0 Å². The highest BCUT2D eigenvalue weighted by molar-refractivity contribution is 5.87. The number of hydrogen-bond acceptors (Lipinski definition) is 3. The van der Waals surface area contributed by atoms with E-state index in [9.17, 15) is 0 Å². The molecule has 0 amide bonds. The number of ether oxygens (including phenoxy) is 1. The molecule has 23 heavy (non-hydrogen) atoms. The average Bonchev–Trinajstić information content (AvgIpc) is 3.15. The van der Waals surface area contributed by atoms with Gasteiger partial charge in [-0.25, -0.2) is 4.98 Å². The van der Waals surface area contributed by atoms with Gasteiger partial charge < -0.3 is 9.15 Å². The van der Waals surface area contributed by atoms with Crippen LogP contribution in [0.5, 0.6) is 5.75 Å². The van der Waals surface area contributed by atoms with E-state index in [1.54, 1.807) is 12.5 Å². The zero-order chi connectivity index (χ0) is 15.5. The van der Waals surface area contributed by atoms with Gasteiger partial charge in [0, 0.05) is 5.56 Å². The molecule has 1 aromatic heterocycles. The topological polar surface area (TPSA) is 35.3 Å². The summed E-state index contributed by atoms with van der Waals surface area (Å²) in [6.45, 7) is 0.570. The van der Waals surface area contributed by atoms with Crippen LogP contribution in [-0.2, 0) is 6.61 Å². The van der Waals surface area contributed by atoms with Crippen LogP contribution in [0.2, 0.25) is 0 Å². The molecule has 0 aliphatic carbocycles. The van der Waals surface area contributed by atoms with Gasteiger partial charge in [0.1, 0.15) is 18.6 Å². The molecule has 0 radical (unpaired) electrons. The maximum atomic E-state index is 5.87. The van der Waals surface area contributed by atoms with Crippen molar-refractivity contribution in [1.29, 1.82) is 0 Å². The molecule has 0 bridgehead atoms. The smallest absolute Gasteiger partial charge is 0.225 e. The van der Waals surface area contributed by atoms with E-state index in [4.69, 9.17) is 9.15 Å². The number of hydrogen-bond donors (Lipinski definition) is 0. The lowest BCUT2D eigenvalue weighted by atomic mass is 10.1. The molecule has 0 aliphatic heterocycles. The molecule has 4 aromatic rings. The number of benzene rings is 3. The zero-order valence-corrected chi connectivity index (χ0v) is 12.5. The van der Waals surface area contributed by atoms with E-state index in [1.807, 2.05) is 30.3 Å². The van der Waals surface area contributed by atoms with Crippen molar-refractivity contribution in [1.82, 2.24) is 4.98 Å². The number of rotatable bonds is 4. The summed E-state index contributed by atoms with van der Waals surface area (Å²) in [7, 11) is 0. The van der Waals surface area contributed by atoms with Gasteiger partial charge in [-0.05, 0) is 40.6 Å². The quantitative estimate of drug-likeness (QED) is 0.527. The molecule has 3 aromatic carbocycles. The Morgan fingerprint density at radius 2 is 1.70 bits per heavy atom. The second-order valence-electron chi connectivity index (χ2n) is 5.34. The van der Waals surface area contributed by atoms with E-state index in [0.717, 1.165) is 27.6 Å². The minimum Gasteiger partial charge on any atom is -0.489 e. The van der Waals surface area contributed by atoms with Gasteiger partial charge in [0.25, 0.3) is 0 Å². The predicted octanol–water partition coefficient (Wildman–Crippen LogP) is 5.07. The maximum absolute atomic E-state index is 5.87. The Morgan fingerprint density at radius 3 is 2.52 bits per heavy atom. The predicted molar refractivity (Wildman–Crippen MR) is 90.2 cm³/mol. The summed E-state index contributed by atoms with van der Waals surface area (Å²) in [5.41, 5.74) is 2.13. The number of fused-ring (bicyclic) bond motifs is 1. The van der Waals surface area contributed by atoms with Gasteiger partial charge in [-0.15, -0.1) is 0 Å². The fraction of sp³-hybridized carbons (Fsp3) is 0.0500. The van der Waals surface area contributed by atoms with Crippen molar-refractivity contribution >= 4 is 10.8 Å². The second kappa shape index (κ2) is 5.97. The van der Waals surface area contributed by atoms with Gasteiger partial charge in [0.2, 0.25) is 5.89 Å². The minimum absolute atomic E-state index is 0.570. The number of oxazole rings is 1. The van der Waals surface area contributed by atoms with Crippen LogP contribution in [0, 0.1) is 0 Å². The van der Waals surface area contributed by atoms with Crippen LogP contribution in [0.4, 0.5) is 0 Å². The molecule has 1 heterocycles. The lowest BCUT2D eigenvalue weighted by Gasteiger charge is -2.08. The average molecular weight is 301 g/mol. The highest BCUT2D eigenvalue weighted by Crippen LogP contribution is 2.26. The van der Waals surface area contributed by atoms with Crippen LogP contribution >= 0.6 is 0 Å². The first-order valence-electron chi connectivity index (χ1n) is 7.49. The molecular weight excluding hydrogens is 286 g/mol. The van der Waals surface area contributed by atoms with Gasteiger partial charge in [0.15, 0.2) is 0 Å². The molecule has 0 saturated heterocycles. The molecule has 3 heteroatoms. The van der Waals surface area contributed by atoms with Crippen LogP contribution in [0.3, 0.4) is 0 Å². The Bertz CT molecular complexity index is 915. The van der Waals surface area contributed by atoms with Crippen molar-refractivity contribution < 1.29 is 9.15 Å². The Labute approximate surface area is 134 Å². The van der Waals surface area contributed by atoms with Crippen molar-refractivity contribution in [2.24, 2.45) is 0 Å². The summed E-state index contributed by atoms with van der Waals surface area (Å²) in [5.74, 6) is 1.50. The van der Waals surface area contributed by atoms with Gasteiger partial charge in [-0.1, -0.05) is 42.5 Å². The van der Waals surface area contributed by atoms with Crippen LogP contribution in [0.25, 0.3) is 22.2 Å². The lowest BCUT2D eigenvalue weighted by Crippen LogP contribution is -1.94. The van der Waals surface area contributed by atoms with Gasteiger partial charge in [-0.2, -0.15) is 0 Å². The van der Waals surface area contributed by atoms with Crippen molar-refractivity contribution in [2.45, 2.75) is 6.61 Å². The van der Waals surface area contributed by atoms with E-state index < -0.39 is 0 Å². The summed E-state index contributed by atoms with van der Waals surface area (Å²) in [6.07, 6.45) is 3.24. The molecule has 0 atom stereocenters. The first kappa shape index (κ1) is 13.6. The summed E-state index contributed by atoms with van der Waals surface area (Å²) in [4.78, 5) is 4.18. The fourth-order valence-corrected chi connectivity index (χ4v) is 2.55. The molecule has 0 N–H and O–H groups in total. The standard InChI is InChI=1S/C20H15NO2/c1-2-4-15(5-3-1)14-23-19-9-8-16-12-18(7-6-17(16)13-19)20-21-10-11-22-20/h1-13H,14H2. The van der Waals surface area contributed by atoms with E-state index in [0.29, 0.717) is 12.5 Å². The van der Waals surface area contributed by atoms with Crippen LogP contribution in [0.1, 0.15) is 5.56 Å². The normalized spacial score (nSPS) is 10.8. The van der Waals surface area contributed by atoms with E-state index in [2.05, 4.69) is 41.4 Å². The van der Waals surface area contributed by atoms with Crippen LogP contribution in [0.15, 0.2) is 83.6 Å². The first-order chi connectivity index (χ1) is 11.4. The summed E-state index contributed by atoms with van der Waals surface area (Å²) < 4.78 is 11.2. The highest BCUT2D eigenvalue weighted by atomic mass is 16.5. The first-order valence-corrected chi connectivity index (χ1v) is 7.49. The van der Waals surface area contributed by atoms with Crippen molar-refractivity contribution in [3.63, 3.8) is 0 Å². The SMILES string of the molecule is c1ccc(COc2ccc3cc(-c4ncco4)ccc3c2)cc1. The molecule has 3 nitrogen and oxygen atoms in total. The van der Waals surface area contributed by atoms with Gasteiger partial charge in [0.05, 0.1) is 6.20 Å². The third-order valence-corrected chi connectivity index (χ3v) is 3.74. The Kier molecular flexibility index (Phi) is 3.53. The molecule has 0 fully saturated rings.